The first-order chi connectivity index (χ1) is 8.55. The Hall–Kier alpha value is -0.570. The van der Waals surface area contributed by atoms with Crippen molar-refractivity contribution in [2.45, 2.75) is 49.5 Å². The maximum atomic E-state index is 9.58. The van der Waals surface area contributed by atoms with E-state index in [2.05, 4.69) is 35.6 Å². The summed E-state index contributed by atoms with van der Waals surface area (Å²) < 4.78 is 1.07. The number of thioether (sulfide) groups is 1. The predicted octanol–water partition coefficient (Wildman–Crippen LogP) is 3.21. The first-order valence-corrected chi connectivity index (χ1v) is 8.16. The number of hydrogen-bond acceptors (Lipinski definition) is 5. The van der Waals surface area contributed by atoms with Gasteiger partial charge >= 0.3 is 0 Å². The lowest BCUT2D eigenvalue weighted by Gasteiger charge is -2.29. The van der Waals surface area contributed by atoms with Gasteiger partial charge in [-0.1, -0.05) is 11.8 Å². The lowest BCUT2D eigenvalue weighted by atomic mass is 9.96. The number of nitriles is 1. The minimum Gasteiger partial charge on any atom is -0.296 e. The molecule has 5 heteroatoms. The summed E-state index contributed by atoms with van der Waals surface area (Å²) in [5.74, 6) is 1.30. The lowest BCUT2D eigenvalue weighted by molar-refractivity contribution is 0.370. The molecule has 3 nitrogen and oxygen atoms in total. The second-order valence-corrected chi connectivity index (χ2v) is 7.28. The van der Waals surface area contributed by atoms with Crippen molar-refractivity contribution in [2.24, 2.45) is 5.92 Å². The summed E-state index contributed by atoms with van der Waals surface area (Å²) in [5, 5.41) is 15.1. The maximum Gasteiger partial charge on any atom is 0.150 e. The van der Waals surface area contributed by atoms with Gasteiger partial charge in [0.15, 0.2) is 0 Å². The SMILES string of the molecule is Cc1csc(SCC(C#N)(NC(C)C)C2CC2)n1. The van der Waals surface area contributed by atoms with Crippen molar-refractivity contribution in [2.75, 3.05) is 5.75 Å². The van der Waals surface area contributed by atoms with Crippen LogP contribution in [0.2, 0.25) is 0 Å². The van der Waals surface area contributed by atoms with Crippen LogP contribution in [0, 0.1) is 24.2 Å². The fourth-order valence-corrected chi connectivity index (χ4v) is 4.16. The van der Waals surface area contributed by atoms with E-state index in [1.165, 1.54) is 12.8 Å². The average molecular weight is 281 g/mol. The van der Waals surface area contributed by atoms with Crippen LogP contribution in [-0.4, -0.2) is 22.3 Å². The Bertz CT molecular complexity index is 445. The van der Waals surface area contributed by atoms with Crippen LogP contribution in [0.5, 0.6) is 0 Å². The van der Waals surface area contributed by atoms with Gasteiger partial charge in [0.2, 0.25) is 0 Å². The Kier molecular flexibility index (Phi) is 4.31. The van der Waals surface area contributed by atoms with Crippen molar-refractivity contribution in [1.29, 1.82) is 5.26 Å². The van der Waals surface area contributed by atoms with Crippen molar-refractivity contribution in [3.8, 4) is 6.07 Å². The highest BCUT2D eigenvalue weighted by molar-refractivity contribution is 8.01. The molecule has 1 fully saturated rings. The van der Waals surface area contributed by atoms with E-state index in [1.807, 2.05) is 6.92 Å². The van der Waals surface area contributed by atoms with Crippen LogP contribution in [0.25, 0.3) is 0 Å². The molecule has 1 heterocycles. The molecule has 0 amide bonds. The Balaban J connectivity index is 2.03. The molecule has 1 N–H and O–H groups in total. The minimum atomic E-state index is -0.377. The first kappa shape index (κ1) is 13.9. The van der Waals surface area contributed by atoms with E-state index in [0.717, 1.165) is 15.8 Å². The minimum absolute atomic E-state index is 0.337. The number of nitrogens with one attached hydrogen (secondary N) is 1. The van der Waals surface area contributed by atoms with Gasteiger partial charge in [-0.05, 0) is 39.5 Å². The van der Waals surface area contributed by atoms with Gasteiger partial charge in [-0.2, -0.15) is 5.26 Å². The maximum absolute atomic E-state index is 9.58. The van der Waals surface area contributed by atoms with Crippen molar-refractivity contribution in [3.63, 3.8) is 0 Å². The summed E-state index contributed by atoms with van der Waals surface area (Å²) in [4.78, 5) is 4.45. The summed E-state index contributed by atoms with van der Waals surface area (Å²) in [6.45, 7) is 6.21. The van der Waals surface area contributed by atoms with Crippen LogP contribution in [0.15, 0.2) is 9.72 Å². The highest BCUT2D eigenvalue weighted by Crippen LogP contribution is 2.42. The molecule has 1 unspecified atom stereocenters. The van der Waals surface area contributed by atoms with E-state index in [1.54, 1.807) is 23.1 Å². The van der Waals surface area contributed by atoms with Gasteiger partial charge in [0.05, 0.1) is 6.07 Å². The Morgan fingerprint density at radius 2 is 2.39 bits per heavy atom. The number of aromatic nitrogens is 1. The molecule has 0 saturated heterocycles. The van der Waals surface area contributed by atoms with Gasteiger partial charge in [0, 0.05) is 22.9 Å². The zero-order chi connectivity index (χ0) is 13.2. The zero-order valence-corrected chi connectivity index (χ0v) is 12.7. The number of hydrogen-bond donors (Lipinski definition) is 1. The second-order valence-electron chi connectivity index (χ2n) is 5.20. The third kappa shape index (κ3) is 3.25. The molecule has 1 aromatic rings. The van der Waals surface area contributed by atoms with Crippen LogP contribution >= 0.6 is 23.1 Å². The first-order valence-electron chi connectivity index (χ1n) is 6.29. The molecule has 0 bridgehead atoms. The fourth-order valence-electron chi connectivity index (χ4n) is 2.10. The Labute approximate surface area is 117 Å². The summed E-state index contributed by atoms with van der Waals surface area (Å²) in [7, 11) is 0. The van der Waals surface area contributed by atoms with Crippen LogP contribution in [0.4, 0.5) is 0 Å². The summed E-state index contributed by atoms with van der Waals surface area (Å²) in [5.41, 5.74) is 0.687. The van der Waals surface area contributed by atoms with Gasteiger partial charge in [0.25, 0.3) is 0 Å². The topological polar surface area (TPSA) is 48.7 Å². The monoisotopic (exact) mass is 281 g/mol. The molecule has 1 saturated carbocycles. The van der Waals surface area contributed by atoms with Crippen molar-refractivity contribution in [3.05, 3.63) is 11.1 Å². The fraction of sp³-hybridized carbons (Fsp3) is 0.692. The van der Waals surface area contributed by atoms with Gasteiger partial charge in [-0.3, -0.25) is 5.32 Å². The molecule has 18 heavy (non-hydrogen) atoms. The van der Waals surface area contributed by atoms with Crippen LogP contribution < -0.4 is 5.32 Å². The molecule has 98 valence electrons. The summed E-state index contributed by atoms with van der Waals surface area (Å²) >= 11 is 3.37. The molecule has 0 aliphatic heterocycles. The Morgan fingerprint density at radius 1 is 1.67 bits per heavy atom. The Morgan fingerprint density at radius 3 is 2.83 bits per heavy atom. The second kappa shape index (κ2) is 5.60. The van der Waals surface area contributed by atoms with Crippen LogP contribution in [0.3, 0.4) is 0 Å². The largest absolute Gasteiger partial charge is 0.296 e. The van der Waals surface area contributed by atoms with Crippen LogP contribution in [-0.2, 0) is 0 Å². The standard InChI is InChI=1S/C13H19N3S2/c1-9(2)16-13(7-14,11-4-5-11)8-18-12-15-10(3)6-17-12/h6,9,11,16H,4-5,8H2,1-3H3. The average Bonchev–Trinajstić information content (AvgIpc) is 3.09. The van der Waals surface area contributed by atoms with Gasteiger partial charge in [-0.15, -0.1) is 11.3 Å². The molecule has 1 aliphatic carbocycles. The molecular weight excluding hydrogens is 262 g/mol. The smallest absolute Gasteiger partial charge is 0.150 e. The number of rotatable bonds is 6. The van der Waals surface area contributed by atoms with Gasteiger partial charge in [-0.25, -0.2) is 4.98 Å². The van der Waals surface area contributed by atoms with Gasteiger partial charge < -0.3 is 0 Å². The normalized spacial score (nSPS) is 18.6. The molecule has 0 radical (unpaired) electrons. The highest BCUT2D eigenvalue weighted by atomic mass is 32.2. The molecular formula is C13H19N3S2. The van der Waals surface area contributed by atoms with E-state index in [4.69, 9.17) is 0 Å². The molecule has 1 aliphatic rings. The van der Waals surface area contributed by atoms with Crippen molar-refractivity contribution >= 4 is 23.1 Å². The van der Waals surface area contributed by atoms with E-state index >= 15 is 0 Å². The highest BCUT2D eigenvalue weighted by Gasteiger charge is 2.46. The number of thiazole rings is 1. The summed E-state index contributed by atoms with van der Waals surface area (Å²) in [6.07, 6.45) is 2.34. The lowest BCUT2D eigenvalue weighted by Crippen LogP contribution is -2.51. The third-order valence-corrected chi connectivity index (χ3v) is 5.37. The predicted molar refractivity (Wildman–Crippen MR) is 76.9 cm³/mol. The summed E-state index contributed by atoms with van der Waals surface area (Å²) in [6, 6.07) is 2.87. The van der Waals surface area contributed by atoms with Crippen LogP contribution in [0.1, 0.15) is 32.4 Å². The van der Waals surface area contributed by atoms with Crippen molar-refractivity contribution < 1.29 is 0 Å². The molecule has 2 rings (SSSR count). The van der Waals surface area contributed by atoms with E-state index in [9.17, 15) is 5.26 Å². The molecule has 1 atom stereocenters. The van der Waals surface area contributed by atoms with Crippen molar-refractivity contribution in [1.82, 2.24) is 10.3 Å². The van der Waals surface area contributed by atoms with E-state index < -0.39 is 0 Å². The van der Waals surface area contributed by atoms with Gasteiger partial charge in [0.1, 0.15) is 9.88 Å². The van der Waals surface area contributed by atoms with E-state index in [0.29, 0.717) is 12.0 Å². The zero-order valence-electron chi connectivity index (χ0n) is 11.1. The molecule has 1 aromatic heterocycles. The molecule has 0 spiro atoms. The quantitative estimate of drug-likeness (QED) is 0.813. The number of nitrogens with zero attached hydrogens (tertiary/aromatic N) is 2. The third-order valence-electron chi connectivity index (χ3n) is 3.04. The van der Waals surface area contributed by atoms with E-state index in [-0.39, 0.29) is 5.54 Å². The number of aryl methyl sites for hydroxylation is 1. The molecule has 0 aromatic carbocycles.